The van der Waals surface area contributed by atoms with Gasteiger partial charge < -0.3 is 5.32 Å². The van der Waals surface area contributed by atoms with Crippen molar-refractivity contribution < 1.29 is 13.6 Å². The molecule has 0 radical (unpaired) electrons. The van der Waals surface area contributed by atoms with Gasteiger partial charge in [0.2, 0.25) is 5.82 Å². The van der Waals surface area contributed by atoms with Gasteiger partial charge in [-0.15, -0.1) is 10.2 Å². The molecule has 1 unspecified atom stereocenters. The van der Waals surface area contributed by atoms with E-state index in [4.69, 9.17) is 0 Å². The molecule has 1 N–H and O–H groups in total. The third kappa shape index (κ3) is 4.03. The van der Waals surface area contributed by atoms with Crippen molar-refractivity contribution >= 4 is 11.6 Å². The number of aromatic nitrogens is 6. The lowest BCUT2D eigenvalue weighted by molar-refractivity contribution is -0.119. The van der Waals surface area contributed by atoms with E-state index in [1.54, 1.807) is 6.92 Å². The highest BCUT2D eigenvalue weighted by Gasteiger charge is 2.19. The number of amides is 1. The maximum Gasteiger partial charge on any atom is 0.257 e. The van der Waals surface area contributed by atoms with Crippen LogP contribution in [0.3, 0.4) is 0 Å². The highest BCUT2D eigenvalue weighted by atomic mass is 19.3. The highest BCUT2D eigenvalue weighted by molar-refractivity contribution is 5.93. The smallest absolute Gasteiger partial charge is 0.257 e. The maximum absolute atomic E-state index is 12.3. The Bertz CT molecular complexity index is 846. The molecule has 0 fully saturated rings. The minimum absolute atomic E-state index is 0.320. The Morgan fingerprint density at radius 1 is 1.28 bits per heavy atom. The van der Waals surface area contributed by atoms with E-state index in [0.29, 0.717) is 11.5 Å². The molecule has 25 heavy (non-hydrogen) atoms. The molecule has 3 aromatic rings. The number of nitrogens with one attached hydrogen (secondary N) is 1. The molecule has 0 saturated carbocycles. The van der Waals surface area contributed by atoms with Crippen molar-refractivity contribution in [2.24, 2.45) is 0 Å². The number of halogens is 2. The van der Waals surface area contributed by atoms with Gasteiger partial charge in [0.05, 0.1) is 11.9 Å². The van der Waals surface area contributed by atoms with Gasteiger partial charge in [0.25, 0.3) is 12.3 Å². The van der Waals surface area contributed by atoms with Crippen molar-refractivity contribution in [3.63, 3.8) is 0 Å². The van der Waals surface area contributed by atoms with Crippen LogP contribution in [0.4, 0.5) is 14.5 Å². The summed E-state index contributed by atoms with van der Waals surface area (Å²) in [6.45, 7) is 1.08. The molecule has 8 nitrogen and oxygen atoms in total. The zero-order valence-electron chi connectivity index (χ0n) is 13.3. The van der Waals surface area contributed by atoms with Gasteiger partial charge in [-0.3, -0.25) is 9.48 Å². The molecule has 3 rings (SSSR count). The monoisotopic (exact) mass is 347 g/mol. The summed E-state index contributed by atoms with van der Waals surface area (Å²) in [6.07, 6.45) is 0.121. The van der Waals surface area contributed by atoms with Crippen LogP contribution >= 0.6 is 0 Å². The predicted octanol–water partition coefficient (Wildman–Crippen LogP) is 2.00. The number of hydrogen-bond donors (Lipinski definition) is 1. The highest BCUT2D eigenvalue weighted by Crippen LogP contribution is 2.15. The van der Waals surface area contributed by atoms with Gasteiger partial charge in [-0.2, -0.15) is 9.90 Å². The molecular weight excluding hydrogens is 332 g/mol. The van der Waals surface area contributed by atoms with Crippen molar-refractivity contribution in [3.05, 3.63) is 42.7 Å². The number of benzene rings is 1. The number of hydrogen-bond acceptors (Lipinski definition) is 5. The van der Waals surface area contributed by atoms with Crippen molar-refractivity contribution in [2.75, 3.05) is 5.32 Å². The molecule has 10 heteroatoms. The van der Waals surface area contributed by atoms with Gasteiger partial charge in [-0.05, 0) is 12.1 Å². The van der Waals surface area contributed by atoms with E-state index in [-0.39, 0.29) is 0 Å². The first-order valence-corrected chi connectivity index (χ1v) is 7.49. The molecule has 2 heterocycles. The standard InChI is InChI=1S/C15H15F2N7O/c1-10(15(25)19-12-7-18-23(8-12)9-13(16)17)24-21-14(20-22-24)11-5-3-2-4-6-11/h2-8,10,13H,9H2,1H3,(H,19,25). The van der Waals surface area contributed by atoms with Crippen molar-refractivity contribution in [2.45, 2.75) is 25.9 Å². The van der Waals surface area contributed by atoms with Crippen LogP contribution in [-0.2, 0) is 11.3 Å². The number of alkyl halides is 2. The quantitative estimate of drug-likeness (QED) is 0.736. The van der Waals surface area contributed by atoms with Crippen LogP contribution in [0, 0.1) is 0 Å². The Hall–Kier alpha value is -3.17. The summed E-state index contributed by atoms with van der Waals surface area (Å²) in [6, 6.07) is 8.51. The number of carbonyl (C=O) groups excluding carboxylic acids is 1. The summed E-state index contributed by atoms with van der Waals surface area (Å²) in [5.41, 5.74) is 1.11. The van der Waals surface area contributed by atoms with E-state index in [9.17, 15) is 13.6 Å². The Morgan fingerprint density at radius 2 is 2.04 bits per heavy atom. The van der Waals surface area contributed by atoms with Crippen LogP contribution in [0.5, 0.6) is 0 Å². The second-order valence-corrected chi connectivity index (χ2v) is 5.31. The number of anilines is 1. The summed E-state index contributed by atoms with van der Waals surface area (Å²) in [7, 11) is 0. The maximum atomic E-state index is 12.3. The van der Waals surface area contributed by atoms with Crippen molar-refractivity contribution in [3.8, 4) is 11.4 Å². The summed E-state index contributed by atoms with van der Waals surface area (Å²) < 4.78 is 25.7. The van der Waals surface area contributed by atoms with Crippen LogP contribution in [0.2, 0.25) is 0 Å². The van der Waals surface area contributed by atoms with Crippen LogP contribution in [0.15, 0.2) is 42.7 Å². The van der Waals surface area contributed by atoms with Crippen LogP contribution < -0.4 is 5.32 Å². The molecular formula is C15H15F2N7O. The topological polar surface area (TPSA) is 90.5 Å². The minimum atomic E-state index is -2.52. The lowest BCUT2D eigenvalue weighted by atomic mass is 10.2. The summed E-state index contributed by atoms with van der Waals surface area (Å²) in [5, 5.41) is 18.4. The zero-order valence-corrected chi connectivity index (χ0v) is 13.3. The predicted molar refractivity (Wildman–Crippen MR) is 84.8 cm³/mol. The molecule has 0 spiro atoms. The lowest BCUT2D eigenvalue weighted by Gasteiger charge is -2.09. The average Bonchev–Trinajstić information content (AvgIpc) is 3.24. The Labute approximate surface area is 141 Å². The van der Waals surface area contributed by atoms with Crippen LogP contribution in [0.1, 0.15) is 13.0 Å². The Morgan fingerprint density at radius 3 is 2.76 bits per heavy atom. The normalized spacial score (nSPS) is 12.3. The lowest BCUT2D eigenvalue weighted by Crippen LogP contribution is -2.25. The molecule has 130 valence electrons. The largest absolute Gasteiger partial charge is 0.321 e. The van der Waals surface area contributed by atoms with Gasteiger partial charge in [0.1, 0.15) is 12.6 Å². The van der Waals surface area contributed by atoms with E-state index >= 15 is 0 Å². The molecule has 1 aromatic carbocycles. The third-order valence-electron chi connectivity index (χ3n) is 3.41. The van der Waals surface area contributed by atoms with Gasteiger partial charge in [-0.1, -0.05) is 30.3 Å². The number of rotatable bonds is 6. The number of carbonyl (C=O) groups is 1. The molecule has 0 bridgehead atoms. The summed E-state index contributed by atoms with van der Waals surface area (Å²) in [5.74, 6) is -0.00129. The Balaban J connectivity index is 1.66. The van der Waals surface area contributed by atoms with Gasteiger partial charge in [0, 0.05) is 11.8 Å². The second-order valence-electron chi connectivity index (χ2n) is 5.31. The van der Waals surface area contributed by atoms with Gasteiger partial charge in [0.15, 0.2) is 0 Å². The number of nitrogens with zero attached hydrogens (tertiary/aromatic N) is 6. The van der Waals surface area contributed by atoms with Gasteiger partial charge >= 0.3 is 0 Å². The van der Waals surface area contributed by atoms with E-state index in [1.807, 2.05) is 30.3 Å². The molecule has 0 aliphatic carbocycles. The second kappa shape index (κ2) is 7.16. The molecule has 0 aliphatic heterocycles. The fraction of sp³-hybridized carbons (Fsp3) is 0.267. The summed E-state index contributed by atoms with van der Waals surface area (Å²) in [4.78, 5) is 13.5. The van der Waals surface area contributed by atoms with Gasteiger partial charge in [-0.25, -0.2) is 8.78 Å². The third-order valence-corrected chi connectivity index (χ3v) is 3.41. The van der Waals surface area contributed by atoms with Crippen LogP contribution in [-0.4, -0.2) is 42.3 Å². The van der Waals surface area contributed by atoms with Crippen molar-refractivity contribution in [1.29, 1.82) is 0 Å². The first-order chi connectivity index (χ1) is 12.0. The first kappa shape index (κ1) is 16.7. The fourth-order valence-corrected chi connectivity index (χ4v) is 2.11. The van der Waals surface area contributed by atoms with E-state index in [0.717, 1.165) is 10.2 Å². The first-order valence-electron chi connectivity index (χ1n) is 7.49. The van der Waals surface area contributed by atoms with E-state index < -0.39 is 24.9 Å². The van der Waals surface area contributed by atoms with E-state index in [2.05, 4.69) is 25.8 Å². The molecule has 0 aliphatic rings. The fourth-order valence-electron chi connectivity index (χ4n) is 2.11. The SMILES string of the molecule is CC(C(=O)Nc1cnn(CC(F)F)c1)n1nnc(-c2ccccc2)n1. The molecule has 1 atom stereocenters. The Kier molecular flexibility index (Phi) is 4.78. The van der Waals surface area contributed by atoms with Crippen molar-refractivity contribution in [1.82, 2.24) is 30.0 Å². The average molecular weight is 347 g/mol. The molecule has 2 aromatic heterocycles. The summed E-state index contributed by atoms with van der Waals surface area (Å²) >= 11 is 0. The molecule has 1 amide bonds. The molecule has 0 saturated heterocycles. The zero-order chi connectivity index (χ0) is 17.8. The number of tetrazole rings is 1. The van der Waals surface area contributed by atoms with E-state index in [1.165, 1.54) is 17.2 Å². The van der Waals surface area contributed by atoms with Crippen LogP contribution in [0.25, 0.3) is 11.4 Å². The minimum Gasteiger partial charge on any atom is -0.321 e.